The van der Waals surface area contributed by atoms with Crippen molar-refractivity contribution in [3.63, 3.8) is 0 Å². The van der Waals surface area contributed by atoms with Gasteiger partial charge in [0.2, 0.25) is 0 Å². The van der Waals surface area contributed by atoms with Crippen LogP contribution in [0.4, 0.5) is 4.39 Å². The number of hydrogen-bond acceptors (Lipinski definition) is 3. The monoisotopic (exact) mass is 285 g/mol. The first-order valence-corrected chi connectivity index (χ1v) is 6.74. The highest BCUT2D eigenvalue weighted by molar-refractivity contribution is 7.10. The molecular formula is C13H13ClFNOS. The van der Waals surface area contributed by atoms with Crippen molar-refractivity contribution >= 4 is 22.9 Å². The summed E-state index contributed by atoms with van der Waals surface area (Å²) in [6.07, 6.45) is 0. The van der Waals surface area contributed by atoms with Gasteiger partial charge in [0.1, 0.15) is 18.2 Å². The highest BCUT2D eigenvalue weighted by atomic mass is 35.5. The molecule has 1 N–H and O–H groups in total. The van der Waals surface area contributed by atoms with Crippen LogP contribution in [-0.2, 0) is 13.2 Å². The van der Waals surface area contributed by atoms with Gasteiger partial charge in [-0.05, 0) is 36.7 Å². The summed E-state index contributed by atoms with van der Waals surface area (Å²) < 4.78 is 18.8. The third-order valence-electron chi connectivity index (χ3n) is 2.44. The number of rotatable bonds is 5. The second-order valence-corrected chi connectivity index (χ2v) is 5.17. The van der Waals surface area contributed by atoms with Crippen molar-refractivity contribution in [3.8, 4) is 5.75 Å². The van der Waals surface area contributed by atoms with E-state index in [9.17, 15) is 4.39 Å². The Morgan fingerprint density at radius 1 is 1.39 bits per heavy atom. The zero-order chi connectivity index (χ0) is 13.0. The average Bonchev–Trinajstić information content (AvgIpc) is 2.74. The molecule has 2 rings (SSSR count). The smallest absolute Gasteiger partial charge is 0.124 e. The molecule has 0 aliphatic rings. The van der Waals surface area contributed by atoms with Crippen molar-refractivity contribution in [2.75, 3.05) is 7.05 Å². The Labute approximate surface area is 114 Å². The molecule has 0 bridgehead atoms. The molecule has 0 aliphatic carbocycles. The lowest BCUT2D eigenvalue weighted by Crippen LogP contribution is -2.08. The molecule has 0 fully saturated rings. The SMILES string of the molecule is CNCc1cc(F)ccc1OCc1sccc1Cl. The van der Waals surface area contributed by atoms with Gasteiger partial charge in [-0.25, -0.2) is 4.39 Å². The topological polar surface area (TPSA) is 21.3 Å². The number of thiophene rings is 1. The van der Waals surface area contributed by atoms with E-state index in [4.69, 9.17) is 16.3 Å². The molecule has 5 heteroatoms. The third kappa shape index (κ3) is 3.22. The van der Waals surface area contributed by atoms with Gasteiger partial charge in [-0.2, -0.15) is 0 Å². The molecule has 1 aromatic carbocycles. The lowest BCUT2D eigenvalue weighted by atomic mass is 10.2. The van der Waals surface area contributed by atoms with Gasteiger partial charge < -0.3 is 10.1 Å². The molecular weight excluding hydrogens is 273 g/mol. The maximum atomic E-state index is 13.1. The Morgan fingerprint density at radius 2 is 2.22 bits per heavy atom. The van der Waals surface area contributed by atoms with Crippen molar-refractivity contribution in [1.82, 2.24) is 5.32 Å². The van der Waals surface area contributed by atoms with E-state index in [-0.39, 0.29) is 5.82 Å². The van der Waals surface area contributed by atoms with Crippen LogP contribution >= 0.6 is 22.9 Å². The standard InChI is InChI=1S/C13H13ClFNOS/c1-16-7-9-6-10(15)2-3-12(9)17-8-13-11(14)4-5-18-13/h2-6,16H,7-8H2,1H3. The van der Waals surface area contributed by atoms with Crippen molar-refractivity contribution in [1.29, 1.82) is 0 Å². The Morgan fingerprint density at radius 3 is 2.89 bits per heavy atom. The van der Waals surface area contributed by atoms with E-state index in [0.717, 1.165) is 10.4 Å². The van der Waals surface area contributed by atoms with Crippen LogP contribution in [0.15, 0.2) is 29.6 Å². The fourth-order valence-electron chi connectivity index (χ4n) is 1.59. The molecule has 18 heavy (non-hydrogen) atoms. The van der Waals surface area contributed by atoms with Gasteiger partial charge in [0.05, 0.1) is 9.90 Å². The summed E-state index contributed by atoms with van der Waals surface area (Å²) in [5.41, 5.74) is 0.796. The Balaban J connectivity index is 2.11. The zero-order valence-corrected chi connectivity index (χ0v) is 11.4. The molecule has 1 aromatic heterocycles. The molecule has 0 spiro atoms. The van der Waals surface area contributed by atoms with Crippen LogP contribution in [0.3, 0.4) is 0 Å². The highest BCUT2D eigenvalue weighted by Crippen LogP contribution is 2.26. The predicted molar refractivity (Wildman–Crippen MR) is 72.8 cm³/mol. The minimum Gasteiger partial charge on any atom is -0.488 e. The van der Waals surface area contributed by atoms with Gasteiger partial charge in [0.25, 0.3) is 0 Å². The normalized spacial score (nSPS) is 10.6. The molecule has 96 valence electrons. The maximum absolute atomic E-state index is 13.1. The number of ether oxygens (including phenoxy) is 1. The van der Waals surface area contributed by atoms with Crippen LogP contribution in [0.5, 0.6) is 5.75 Å². The summed E-state index contributed by atoms with van der Waals surface area (Å²) in [6.45, 7) is 0.962. The number of nitrogens with one attached hydrogen (secondary N) is 1. The summed E-state index contributed by atoms with van der Waals surface area (Å²) in [7, 11) is 1.81. The molecule has 0 unspecified atom stereocenters. The highest BCUT2D eigenvalue weighted by Gasteiger charge is 2.07. The van der Waals surface area contributed by atoms with Crippen LogP contribution in [-0.4, -0.2) is 7.05 Å². The molecule has 0 radical (unpaired) electrons. The van der Waals surface area contributed by atoms with Crippen LogP contribution in [0.1, 0.15) is 10.4 Å². The lowest BCUT2D eigenvalue weighted by Gasteiger charge is -2.11. The second-order valence-electron chi connectivity index (χ2n) is 3.76. The average molecular weight is 286 g/mol. The van der Waals surface area contributed by atoms with Gasteiger partial charge in [-0.3, -0.25) is 0 Å². The fourth-order valence-corrected chi connectivity index (χ4v) is 2.59. The minimum atomic E-state index is -0.262. The van der Waals surface area contributed by atoms with E-state index in [1.54, 1.807) is 17.4 Å². The number of benzene rings is 1. The summed E-state index contributed by atoms with van der Waals surface area (Å²) in [5, 5.41) is 5.61. The zero-order valence-electron chi connectivity index (χ0n) is 9.87. The van der Waals surface area contributed by atoms with Crippen LogP contribution < -0.4 is 10.1 Å². The first-order chi connectivity index (χ1) is 8.70. The fraction of sp³-hybridized carbons (Fsp3) is 0.231. The molecule has 0 atom stereocenters. The maximum Gasteiger partial charge on any atom is 0.124 e. The molecule has 1 heterocycles. The second kappa shape index (κ2) is 6.18. The molecule has 0 amide bonds. The molecule has 0 saturated heterocycles. The van der Waals surface area contributed by atoms with Crippen LogP contribution in [0.25, 0.3) is 0 Å². The summed E-state index contributed by atoms with van der Waals surface area (Å²) in [5.74, 6) is 0.414. The van der Waals surface area contributed by atoms with E-state index in [2.05, 4.69) is 5.32 Å². The molecule has 2 aromatic rings. The number of halogens is 2. The number of hydrogen-bond donors (Lipinski definition) is 1. The first kappa shape index (κ1) is 13.3. The van der Waals surface area contributed by atoms with Crippen molar-refractivity contribution < 1.29 is 9.13 Å². The van der Waals surface area contributed by atoms with Gasteiger partial charge in [-0.15, -0.1) is 11.3 Å². The van der Waals surface area contributed by atoms with Crippen molar-refractivity contribution in [2.24, 2.45) is 0 Å². The Kier molecular flexibility index (Phi) is 4.58. The van der Waals surface area contributed by atoms with E-state index >= 15 is 0 Å². The van der Waals surface area contributed by atoms with Gasteiger partial charge in [-0.1, -0.05) is 11.6 Å². The van der Waals surface area contributed by atoms with Gasteiger partial charge in [0.15, 0.2) is 0 Å². The Hall–Kier alpha value is -1.10. The molecule has 0 aliphatic heterocycles. The molecule has 0 saturated carbocycles. The quantitative estimate of drug-likeness (QED) is 0.901. The van der Waals surface area contributed by atoms with Crippen molar-refractivity contribution in [2.45, 2.75) is 13.2 Å². The lowest BCUT2D eigenvalue weighted by molar-refractivity contribution is 0.305. The predicted octanol–water partition coefficient (Wildman–Crippen LogP) is 3.84. The van der Waals surface area contributed by atoms with E-state index in [0.29, 0.717) is 23.9 Å². The van der Waals surface area contributed by atoms with Crippen molar-refractivity contribution in [3.05, 3.63) is 50.9 Å². The van der Waals surface area contributed by atoms with Gasteiger partial charge in [0, 0.05) is 12.1 Å². The summed E-state index contributed by atoms with van der Waals surface area (Å²) >= 11 is 7.53. The van der Waals surface area contributed by atoms with Crippen LogP contribution in [0.2, 0.25) is 5.02 Å². The van der Waals surface area contributed by atoms with Gasteiger partial charge >= 0.3 is 0 Å². The minimum absolute atomic E-state index is 0.262. The van der Waals surface area contributed by atoms with E-state index in [1.165, 1.54) is 12.1 Å². The van der Waals surface area contributed by atoms with E-state index < -0.39 is 0 Å². The first-order valence-electron chi connectivity index (χ1n) is 5.48. The molecule has 2 nitrogen and oxygen atoms in total. The Bertz CT molecular complexity index is 529. The summed E-state index contributed by atoms with van der Waals surface area (Å²) in [6, 6.07) is 6.35. The van der Waals surface area contributed by atoms with Crippen LogP contribution in [0, 0.1) is 5.82 Å². The third-order valence-corrected chi connectivity index (χ3v) is 3.80. The summed E-state index contributed by atoms with van der Waals surface area (Å²) in [4.78, 5) is 0.969. The largest absolute Gasteiger partial charge is 0.488 e. The van der Waals surface area contributed by atoms with E-state index in [1.807, 2.05) is 18.5 Å².